The topological polar surface area (TPSA) is 102 Å². The molecule has 1 heterocycles. The van der Waals surface area contributed by atoms with Crippen LogP contribution in [-0.2, 0) is 9.59 Å². The number of para-hydroxylation sites is 4. The second-order valence-electron chi connectivity index (χ2n) is 5.92. The molecule has 11 heteroatoms. The van der Waals surface area contributed by atoms with Crippen LogP contribution in [0.1, 0.15) is 0 Å². The Morgan fingerprint density at radius 1 is 0.871 bits per heavy atom. The summed E-state index contributed by atoms with van der Waals surface area (Å²) in [6, 6.07) is 14.4. The fraction of sp³-hybridized carbons (Fsp3) is 0.200. The Labute approximate surface area is 192 Å². The fourth-order valence-electron chi connectivity index (χ4n) is 2.44. The molecule has 1 aromatic heterocycles. The molecular formula is C20H20N4O4S3. The van der Waals surface area contributed by atoms with E-state index in [-0.39, 0.29) is 23.3 Å². The highest BCUT2D eigenvalue weighted by Gasteiger charge is 2.13. The zero-order valence-electron chi connectivity index (χ0n) is 16.8. The van der Waals surface area contributed by atoms with Crippen LogP contribution in [0.25, 0.3) is 0 Å². The first-order valence-corrected chi connectivity index (χ1v) is 11.8. The molecule has 8 nitrogen and oxygen atoms in total. The van der Waals surface area contributed by atoms with E-state index < -0.39 is 0 Å². The van der Waals surface area contributed by atoms with E-state index in [0.717, 1.165) is 0 Å². The van der Waals surface area contributed by atoms with Gasteiger partial charge >= 0.3 is 0 Å². The summed E-state index contributed by atoms with van der Waals surface area (Å²) >= 11 is 3.71. The largest absolute Gasteiger partial charge is 0.495 e. The van der Waals surface area contributed by atoms with Gasteiger partial charge < -0.3 is 20.1 Å². The predicted molar refractivity (Wildman–Crippen MR) is 125 cm³/mol. The number of hydrogen-bond acceptors (Lipinski definition) is 9. The summed E-state index contributed by atoms with van der Waals surface area (Å²) in [6.07, 6.45) is 0. The van der Waals surface area contributed by atoms with Gasteiger partial charge in [0.15, 0.2) is 4.34 Å². The van der Waals surface area contributed by atoms with Crippen molar-refractivity contribution < 1.29 is 19.1 Å². The van der Waals surface area contributed by atoms with Gasteiger partial charge in [0, 0.05) is 0 Å². The number of amides is 2. The van der Waals surface area contributed by atoms with Gasteiger partial charge in [0.2, 0.25) is 17.0 Å². The molecule has 0 radical (unpaired) electrons. The second kappa shape index (κ2) is 11.6. The van der Waals surface area contributed by atoms with Gasteiger partial charge in [-0.05, 0) is 35.8 Å². The van der Waals surface area contributed by atoms with Gasteiger partial charge in [-0.1, -0.05) is 47.8 Å². The van der Waals surface area contributed by atoms with Crippen molar-refractivity contribution in [1.29, 1.82) is 0 Å². The number of benzene rings is 2. The molecule has 0 fully saturated rings. The smallest absolute Gasteiger partial charge is 0.234 e. The van der Waals surface area contributed by atoms with E-state index in [4.69, 9.17) is 9.47 Å². The number of methoxy groups -OCH3 is 2. The van der Waals surface area contributed by atoms with Crippen LogP contribution in [0.4, 0.5) is 11.4 Å². The summed E-state index contributed by atoms with van der Waals surface area (Å²) in [5, 5.41) is 6.11. The first-order valence-electron chi connectivity index (χ1n) is 9.04. The third-order valence-corrected chi connectivity index (χ3v) is 6.61. The monoisotopic (exact) mass is 476 g/mol. The van der Waals surface area contributed by atoms with Crippen molar-refractivity contribution in [1.82, 2.24) is 9.36 Å². The van der Waals surface area contributed by atoms with Crippen molar-refractivity contribution in [2.75, 3.05) is 36.4 Å². The Hall–Kier alpha value is -2.76. The number of carbonyl (C=O) groups excluding carboxylic acids is 2. The van der Waals surface area contributed by atoms with Gasteiger partial charge in [0.1, 0.15) is 11.5 Å². The van der Waals surface area contributed by atoms with Crippen LogP contribution >= 0.6 is 35.1 Å². The zero-order valence-corrected chi connectivity index (χ0v) is 19.2. The molecule has 0 unspecified atom stereocenters. The van der Waals surface area contributed by atoms with Gasteiger partial charge in [-0.25, -0.2) is 4.98 Å². The number of hydrogen-bond donors (Lipinski definition) is 2. The molecule has 0 atom stereocenters. The molecule has 3 aromatic rings. The number of carbonyl (C=O) groups is 2. The van der Waals surface area contributed by atoms with E-state index in [1.165, 1.54) is 35.1 Å². The number of nitrogens with zero attached hydrogens (tertiary/aromatic N) is 2. The molecule has 0 aliphatic carbocycles. The molecule has 31 heavy (non-hydrogen) atoms. The standard InChI is InChI=1S/C20H20N4O4S3/c1-27-15-9-5-3-7-13(15)21-17(25)11-29-19-23-20(31-24-19)30-12-18(26)22-14-8-4-6-10-16(14)28-2/h3-10H,11-12H2,1-2H3,(H,21,25)(H,22,26). The van der Waals surface area contributed by atoms with Crippen LogP contribution in [0.5, 0.6) is 11.5 Å². The number of anilines is 2. The van der Waals surface area contributed by atoms with Crippen molar-refractivity contribution >= 4 is 58.2 Å². The van der Waals surface area contributed by atoms with Gasteiger partial charge in [-0.3, -0.25) is 9.59 Å². The average Bonchev–Trinajstić information content (AvgIpc) is 3.25. The Bertz CT molecular complexity index is 965. The molecule has 0 aliphatic heterocycles. The van der Waals surface area contributed by atoms with Gasteiger partial charge in [-0.2, -0.15) is 4.37 Å². The molecule has 162 valence electrons. The summed E-state index contributed by atoms with van der Waals surface area (Å²) in [4.78, 5) is 28.8. The van der Waals surface area contributed by atoms with E-state index in [9.17, 15) is 9.59 Å². The molecule has 2 N–H and O–H groups in total. The quantitative estimate of drug-likeness (QED) is 0.423. The third-order valence-electron chi connectivity index (χ3n) is 3.81. The Kier molecular flexibility index (Phi) is 8.56. The molecule has 0 saturated carbocycles. The maximum Gasteiger partial charge on any atom is 0.234 e. The van der Waals surface area contributed by atoms with Crippen molar-refractivity contribution in [2.24, 2.45) is 0 Å². The summed E-state index contributed by atoms with van der Waals surface area (Å²) in [6.45, 7) is 0. The molecule has 2 amide bonds. The van der Waals surface area contributed by atoms with E-state index in [1.54, 1.807) is 38.5 Å². The van der Waals surface area contributed by atoms with Gasteiger partial charge in [-0.15, -0.1) is 0 Å². The summed E-state index contributed by atoms with van der Waals surface area (Å²) < 4.78 is 15.3. The van der Waals surface area contributed by atoms with Crippen molar-refractivity contribution in [2.45, 2.75) is 9.50 Å². The highest BCUT2D eigenvalue weighted by atomic mass is 32.2. The SMILES string of the molecule is COc1ccccc1NC(=O)CSc1nsc(SCC(=O)Nc2ccccc2OC)n1. The number of nitrogens with one attached hydrogen (secondary N) is 2. The summed E-state index contributed by atoms with van der Waals surface area (Å²) in [7, 11) is 3.10. The second-order valence-corrected chi connectivity index (χ2v) is 8.83. The number of thioether (sulfide) groups is 2. The van der Waals surface area contributed by atoms with Crippen LogP contribution in [0.15, 0.2) is 58.0 Å². The fourth-order valence-corrected chi connectivity index (χ4v) is 4.67. The van der Waals surface area contributed by atoms with Crippen LogP contribution in [0.3, 0.4) is 0 Å². The molecule has 0 aliphatic rings. The van der Waals surface area contributed by atoms with Crippen LogP contribution in [-0.4, -0.2) is 46.9 Å². The van der Waals surface area contributed by atoms with E-state index in [2.05, 4.69) is 20.0 Å². The molecular weight excluding hydrogens is 456 g/mol. The minimum absolute atomic E-state index is 0.160. The van der Waals surface area contributed by atoms with Crippen molar-refractivity contribution in [3.63, 3.8) is 0 Å². The van der Waals surface area contributed by atoms with E-state index in [0.29, 0.717) is 32.4 Å². The molecule has 0 bridgehead atoms. The summed E-state index contributed by atoms with van der Waals surface area (Å²) in [5.74, 6) is 1.18. The lowest BCUT2D eigenvalue weighted by Gasteiger charge is -2.09. The summed E-state index contributed by atoms with van der Waals surface area (Å²) in [5.41, 5.74) is 1.23. The number of rotatable bonds is 10. The Balaban J connectivity index is 1.44. The lowest BCUT2D eigenvalue weighted by molar-refractivity contribution is -0.114. The highest BCUT2D eigenvalue weighted by molar-refractivity contribution is 8.02. The zero-order chi connectivity index (χ0) is 22.1. The van der Waals surface area contributed by atoms with Crippen LogP contribution in [0, 0.1) is 0 Å². The average molecular weight is 477 g/mol. The van der Waals surface area contributed by atoms with Crippen LogP contribution in [0.2, 0.25) is 0 Å². The first kappa shape index (κ1) is 22.9. The Morgan fingerprint density at radius 3 is 1.94 bits per heavy atom. The normalized spacial score (nSPS) is 10.4. The van der Waals surface area contributed by atoms with Crippen molar-refractivity contribution in [3.8, 4) is 11.5 Å². The van der Waals surface area contributed by atoms with E-state index in [1.807, 2.05) is 24.3 Å². The van der Waals surface area contributed by atoms with Gasteiger partial charge in [0.25, 0.3) is 0 Å². The van der Waals surface area contributed by atoms with Crippen LogP contribution < -0.4 is 20.1 Å². The molecule has 3 rings (SSSR count). The van der Waals surface area contributed by atoms with E-state index >= 15 is 0 Å². The van der Waals surface area contributed by atoms with Crippen molar-refractivity contribution in [3.05, 3.63) is 48.5 Å². The molecule has 0 spiro atoms. The van der Waals surface area contributed by atoms with Gasteiger partial charge in [0.05, 0.1) is 37.1 Å². The maximum atomic E-state index is 12.2. The minimum Gasteiger partial charge on any atom is -0.495 e. The Morgan fingerprint density at radius 2 is 1.39 bits per heavy atom. The molecule has 0 saturated heterocycles. The lowest BCUT2D eigenvalue weighted by atomic mass is 10.3. The lowest BCUT2D eigenvalue weighted by Crippen LogP contribution is -2.14. The minimum atomic E-state index is -0.185. The number of ether oxygens (including phenoxy) is 2. The molecule has 2 aromatic carbocycles. The number of aromatic nitrogens is 2. The highest BCUT2D eigenvalue weighted by Crippen LogP contribution is 2.27. The third kappa shape index (κ3) is 6.88. The predicted octanol–water partition coefficient (Wildman–Crippen LogP) is 4.02. The maximum absolute atomic E-state index is 12.2. The first-order chi connectivity index (χ1) is 15.1.